The van der Waals surface area contributed by atoms with E-state index < -0.39 is 29.8 Å². The highest BCUT2D eigenvalue weighted by molar-refractivity contribution is 5.89. The van der Waals surface area contributed by atoms with E-state index in [1.54, 1.807) is 0 Å². The summed E-state index contributed by atoms with van der Waals surface area (Å²) in [5.41, 5.74) is 0. The second kappa shape index (κ2) is 5.59. The van der Waals surface area contributed by atoms with Crippen molar-refractivity contribution in [3.63, 3.8) is 0 Å². The number of nitrogens with zero attached hydrogens (tertiary/aromatic N) is 1. The molecule has 1 aliphatic carbocycles. The van der Waals surface area contributed by atoms with Crippen molar-refractivity contribution < 1.29 is 24.2 Å². The summed E-state index contributed by atoms with van der Waals surface area (Å²) in [6.45, 7) is 0.515. The van der Waals surface area contributed by atoms with Crippen LogP contribution in [0.4, 0.5) is 0 Å². The lowest BCUT2D eigenvalue weighted by atomic mass is 9.94. The van der Waals surface area contributed by atoms with E-state index in [2.05, 4.69) is 0 Å². The lowest BCUT2D eigenvalue weighted by Gasteiger charge is -2.27. The first-order valence-corrected chi connectivity index (χ1v) is 6.67. The highest BCUT2D eigenvalue weighted by atomic mass is 16.5. The molecule has 1 aliphatic heterocycles. The molecule has 0 spiro atoms. The molecule has 0 bridgehead atoms. The Morgan fingerprint density at radius 3 is 2.42 bits per heavy atom. The zero-order valence-corrected chi connectivity index (χ0v) is 11.0. The van der Waals surface area contributed by atoms with Crippen molar-refractivity contribution >= 4 is 17.8 Å². The summed E-state index contributed by atoms with van der Waals surface area (Å²) in [6, 6.07) is -0.535. The van der Waals surface area contributed by atoms with E-state index in [1.807, 2.05) is 0 Å². The van der Waals surface area contributed by atoms with Crippen LogP contribution in [-0.4, -0.2) is 47.5 Å². The summed E-state index contributed by atoms with van der Waals surface area (Å²) in [6.07, 6.45) is 3.26. The number of carboxylic acid groups (broad SMARTS) is 1. The van der Waals surface area contributed by atoms with Gasteiger partial charge in [0.1, 0.15) is 6.04 Å². The number of carbonyl (C=O) groups excluding carboxylic acids is 2. The van der Waals surface area contributed by atoms with Crippen LogP contribution >= 0.6 is 0 Å². The number of esters is 1. The molecule has 6 nitrogen and oxygen atoms in total. The average Bonchev–Trinajstić information content (AvgIpc) is 3.05. The third-order valence-electron chi connectivity index (χ3n) is 4.16. The highest BCUT2D eigenvalue weighted by Gasteiger charge is 2.44. The summed E-state index contributed by atoms with van der Waals surface area (Å²) < 4.78 is 4.70. The van der Waals surface area contributed by atoms with E-state index in [9.17, 15) is 14.4 Å². The van der Waals surface area contributed by atoms with E-state index in [-0.39, 0.29) is 5.91 Å². The van der Waals surface area contributed by atoms with Crippen molar-refractivity contribution in [3.05, 3.63) is 0 Å². The molecule has 0 aromatic carbocycles. The fourth-order valence-corrected chi connectivity index (χ4v) is 3.18. The maximum Gasteiger partial charge on any atom is 0.328 e. The molecule has 2 aliphatic rings. The van der Waals surface area contributed by atoms with Gasteiger partial charge in [-0.1, -0.05) is 6.42 Å². The Morgan fingerprint density at radius 2 is 1.79 bits per heavy atom. The largest absolute Gasteiger partial charge is 0.481 e. The van der Waals surface area contributed by atoms with Gasteiger partial charge in [0.15, 0.2) is 0 Å². The smallest absolute Gasteiger partial charge is 0.328 e. The second-order valence-corrected chi connectivity index (χ2v) is 5.19. The standard InChI is InChI=1S/C13H19NO5/c1-19-13(18)10-6-3-7-14(10)11(15)8-4-2-5-9(8)12(16)17/h8-10H,2-7H2,1H3,(H,16,17)/t8-,9+,10?/m1/s1. The molecule has 19 heavy (non-hydrogen) atoms. The number of methoxy groups -OCH3 is 1. The van der Waals surface area contributed by atoms with Gasteiger partial charge in [-0.3, -0.25) is 9.59 Å². The minimum absolute atomic E-state index is 0.196. The SMILES string of the molecule is COC(=O)C1CCCN1C(=O)[C@@H]1CCC[C@@H]1C(=O)O. The maximum atomic E-state index is 12.4. The van der Waals surface area contributed by atoms with Crippen LogP contribution in [0.1, 0.15) is 32.1 Å². The number of likely N-dealkylation sites (tertiary alicyclic amines) is 1. The quantitative estimate of drug-likeness (QED) is 0.760. The predicted octanol–water partition coefficient (Wildman–Crippen LogP) is 0.651. The zero-order chi connectivity index (χ0) is 14.0. The molecular weight excluding hydrogens is 250 g/mol. The second-order valence-electron chi connectivity index (χ2n) is 5.19. The van der Waals surface area contributed by atoms with Crippen LogP contribution < -0.4 is 0 Å². The lowest BCUT2D eigenvalue weighted by molar-refractivity contribution is -0.155. The van der Waals surface area contributed by atoms with Gasteiger partial charge in [0.25, 0.3) is 0 Å². The number of carboxylic acids is 1. The number of amides is 1. The monoisotopic (exact) mass is 269 g/mol. The number of hydrogen-bond donors (Lipinski definition) is 1. The average molecular weight is 269 g/mol. The number of rotatable bonds is 3. The summed E-state index contributed by atoms with van der Waals surface area (Å²) in [5.74, 6) is -2.60. The molecule has 2 rings (SSSR count). The fraction of sp³-hybridized carbons (Fsp3) is 0.769. The zero-order valence-electron chi connectivity index (χ0n) is 11.0. The number of aliphatic carboxylic acids is 1. The van der Waals surface area contributed by atoms with Crippen LogP contribution in [0.2, 0.25) is 0 Å². The Kier molecular flexibility index (Phi) is 4.07. The molecule has 0 aromatic heterocycles. The van der Waals surface area contributed by atoms with Gasteiger partial charge in [-0.15, -0.1) is 0 Å². The summed E-state index contributed by atoms with van der Waals surface area (Å²) in [4.78, 5) is 36.7. The van der Waals surface area contributed by atoms with Crippen molar-refractivity contribution in [1.29, 1.82) is 0 Å². The molecule has 6 heteroatoms. The number of ether oxygens (including phenoxy) is 1. The van der Waals surface area contributed by atoms with Gasteiger partial charge in [0.05, 0.1) is 18.9 Å². The van der Waals surface area contributed by atoms with Crippen LogP contribution in [0, 0.1) is 11.8 Å². The number of hydrogen-bond acceptors (Lipinski definition) is 4. The van der Waals surface area contributed by atoms with Crippen molar-refractivity contribution in [2.24, 2.45) is 11.8 Å². The van der Waals surface area contributed by atoms with E-state index >= 15 is 0 Å². The molecular formula is C13H19NO5. The van der Waals surface area contributed by atoms with Gasteiger partial charge in [0, 0.05) is 6.54 Å². The fourth-order valence-electron chi connectivity index (χ4n) is 3.18. The van der Waals surface area contributed by atoms with Gasteiger partial charge in [-0.05, 0) is 25.7 Å². The normalized spacial score (nSPS) is 30.4. The van der Waals surface area contributed by atoms with Crippen molar-refractivity contribution in [2.75, 3.05) is 13.7 Å². The van der Waals surface area contributed by atoms with Gasteiger partial charge in [-0.2, -0.15) is 0 Å². The van der Waals surface area contributed by atoms with Crippen molar-refractivity contribution in [1.82, 2.24) is 4.90 Å². The maximum absolute atomic E-state index is 12.4. The summed E-state index contributed by atoms with van der Waals surface area (Å²) >= 11 is 0. The minimum Gasteiger partial charge on any atom is -0.481 e. The first-order valence-electron chi connectivity index (χ1n) is 6.67. The molecule has 3 atom stereocenters. The molecule has 1 amide bonds. The summed E-state index contributed by atoms with van der Waals surface area (Å²) in [5, 5.41) is 9.13. The van der Waals surface area contributed by atoms with Crippen LogP contribution in [0.5, 0.6) is 0 Å². The Balaban J connectivity index is 2.10. The molecule has 1 saturated carbocycles. The predicted molar refractivity (Wildman–Crippen MR) is 65.2 cm³/mol. The van der Waals surface area contributed by atoms with Crippen LogP contribution in [-0.2, 0) is 19.1 Å². The third-order valence-corrected chi connectivity index (χ3v) is 4.16. The Hall–Kier alpha value is -1.59. The van der Waals surface area contributed by atoms with Crippen LogP contribution in [0.15, 0.2) is 0 Å². The first kappa shape index (κ1) is 13.8. The van der Waals surface area contributed by atoms with Gasteiger partial charge in [-0.25, -0.2) is 4.79 Å². The topological polar surface area (TPSA) is 83.9 Å². The number of carbonyl (C=O) groups is 3. The first-order chi connectivity index (χ1) is 9.06. The molecule has 0 radical (unpaired) electrons. The van der Waals surface area contributed by atoms with Crippen molar-refractivity contribution in [3.8, 4) is 0 Å². The van der Waals surface area contributed by atoms with E-state index in [1.165, 1.54) is 12.0 Å². The Labute approximate surface area is 111 Å². The molecule has 1 saturated heterocycles. The van der Waals surface area contributed by atoms with E-state index in [0.29, 0.717) is 25.8 Å². The molecule has 0 aromatic rings. The van der Waals surface area contributed by atoms with Gasteiger partial charge >= 0.3 is 11.9 Å². The van der Waals surface area contributed by atoms with Crippen LogP contribution in [0.25, 0.3) is 0 Å². The summed E-state index contributed by atoms with van der Waals surface area (Å²) in [7, 11) is 1.30. The van der Waals surface area contributed by atoms with Gasteiger partial charge < -0.3 is 14.7 Å². The van der Waals surface area contributed by atoms with E-state index in [4.69, 9.17) is 9.84 Å². The van der Waals surface area contributed by atoms with Gasteiger partial charge in [0.2, 0.25) is 5.91 Å². The third kappa shape index (κ3) is 2.57. The van der Waals surface area contributed by atoms with E-state index in [0.717, 1.165) is 12.8 Å². The Bertz CT molecular complexity index is 394. The Morgan fingerprint density at radius 1 is 1.11 bits per heavy atom. The molecule has 106 valence electrons. The molecule has 1 heterocycles. The van der Waals surface area contributed by atoms with Crippen LogP contribution in [0.3, 0.4) is 0 Å². The van der Waals surface area contributed by atoms with Crippen molar-refractivity contribution in [2.45, 2.75) is 38.1 Å². The highest BCUT2D eigenvalue weighted by Crippen LogP contribution is 2.35. The minimum atomic E-state index is -0.912. The lowest BCUT2D eigenvalue weighted by Crippen LogP contribution is -2.45. The molecule has 2 fully saturated rings. The molecule has 1 unspecified atom stereocenters. The molecule has 1 N–H and O–H groups in total.